The number of methoxy groups -OCH3 is 1. The van der Waals surface area contributed by atoms with Crippen LogP contribution in [0.1, 0.15) is 18.9 Å². The monoisotopic (exact) mass is 304 g/mol. The predicted octanol–water partition coefficient (Wildman–Crippen LogP) is 2.35. The van der Waals surface area contributed by atoms with Gasteiger partial charge < -0.3 is 14.6 Å². The molecule has 0 saturated heterocycles. The fourth-order valence-electron chi connectivity index (χ4n) is 1.94. The zero-order valence-electron chi connectivity index (χ0n) is 11.7. The fourth-order valence-corrected chi connectivity index (χ4v) is 2.72. The molecule has 21 heavy (non-hydrogen) atoms. The van der Waals surface area contributed by atoms with Crippen molar-refractivity contribution in [3.8, 4) is 5.75 Å². The number of ether oxygens (including phenoxy) is 1. The summed E-state index contributed by atoms with van der Waals surface area (Å²) in [6, 6.07) is 7.77. The first kappa shape index (κ1) is 13.9. The van der Waals surface area contributed by atoms with Crippen LogP contribution in [0.3, 0.4) is 0 Å². The number of rotatable bonds is 6. The van der Waals surface area contributed by atoms with Crippen LogP contribution in [-0.4, -0.2) is 33.5 Å². The van der Waals surface area contributed by atoms with Gasteiger partial charge in [-0.2, -0.15) is 0 Å². The minimum absolute atomic E-state index is 0.0597. The lowest BCUT2D eigenvalue weighted by Gasteiger charge is -2.06. The highest BCUT2D eigenvalue weighted by Crippen LogP contribution is 2.37. The highest BCUT2D eigenvalue weighted by atomic mass is 32.2. The number of anilines is 1. The Labute approximate surface area is 126 Å². The Balaban J connectivity index is 1.52. The van der Waals surface area contributed by atoms with Crippen LogP contribution in [0, 0.1) is 0 Å². The Morgan fingerprint density at radius 1 is 1.43 bits per heavy atom. The number of benzene rings is 1. The SMILES string of the molecule is COc1ccc(NC(=O)CSc2nncn2C2CC2)cc1. The summed E-state index contributed by atoms with van der Waals surface area (Å²) in [7, 11) is 1.61. The molecule has 0 unspecified atom stereocenters. The lowest BCUT2D eigenvalue weighted by atomic mass is 10.3. The minimum Gasteiger partial charge on any atom is -0.497 e. The maximum Gasteiger partial charge on any atom is 0.234 e. The largest absolute Gasteiger partial charge is 0.497 e. The second-order valence-corrected chi connectivity index (χ2v) is 5.76. The predicted molar refractivity (Wildman–Crippen MR) is 80.6 cm³/mol. The van der Waals surface area contributed by atoms with E-state index in [4.69, 9.17) is 4.74 Å². The lowest BCUT2D eigenvalue weighted by Crippen LogP contribution is -2.14. The van der Waals surface area contributed by atoms with Crippen molar-refractivity contribution in [2.45, 2.75) is 24.0 Å². The molecule has 1 aromatic carbocycles. The molecule has 2 aromatic rings. The Morgan fingerprint density at radius 2 is 2.19 bits per heavy atom. The van der Waals surface area contributed by atoms with Gasteiger partial charge in [0.15, 0.2) is 5.16 Å². The summed E-state index contributed by atoms with van der Waals surface area (Å²) in [4.78, 5) is 11.9. The molecule has 0 aliphatic heterocycles. The standard InChI is InChI=1S/C14H16N4O2S/c1-20-12-6-2-10(3-7-12)16-13(19)8-21-14-17-15-9-18(14)11-4-5-11/h2-3,6-7,9,11H,4-5,8H2,1H3,(H,16,19). The molecule has 1 aliphatic carbocycles. The summed E-state index contributed by atoms with van der Waals surface area (Å²) in [5.41, 5.74) is 0.755. The van der Waals surface area contributed by atoms with Crippen molar-refractivity contribution >= 4 is 23.4 Å². The molecule has 1 aromatic heterocycles. The number of carbonyl (C=O) groups is 1. The highest BCUT2D eigenvalue weighted by Gasteiger charge is 2.26. The summed E-state index contributed by atoms with van der Waals surface area (Å²) in [6.07, 6.45) is 4.08. The first-order valence-corrected chi connectivity index (χ1v) is 7.71. The van der Waals surface area contributed by atoms with Gasteiger partial charge in [-0.05, 0) is 37.1 Å². The van der Waals surface area contributed by atoms with Gasteiger partial charge in [0.25, 0.3) is 0 Å². The lowest BCUT2D eigenvalue weighted by molar-refractivity contribution is -0.113. The number of hydrogen-bond donors (Lipinski definition) is 1. The van der Waals surface area contributed by atoms with Crippen molar-refractivity contribution in [2.24, 2.45) is 0 Å². The van der Waals surface area contributed by atoms with E-state index >= 15 is 0 Å². The van der Waals surface area contributed by atoms with Crippen LogP contribution >= 0.6 is 11.8 Å². The first-order chi connectivity index (χ1) is 10.3. The summed E-state index contributed by atoms with van der Waals surface area (Å²) in [5.74, 6) is 1.02. The molecule has 0 radical (unpaired) electrons. The van der Waals surface area contributed by atoms with Crippen LogP contribution in [-0.2, 0) is 4.79 Å². The third-order valence-corrected chi connectivity index (χ3v) is 4.14. The molecule has 3 rings (SSSR count). The van der Waals surface area contributed by atoms with Gasteiger partial charge in [0.05, 0.1) is 12.9 Å². The number of thioether (sulfide) groups is 1. The van der Waals surface area contributed by atoms with Crippen molar-refractivity contribution in [1.29, 1.82) is 0 Å². The quantitative estimate of drug-likeness (QED) is 0.830. The Hall–Kier alpha value is -2.02. The second kappa shape index (κ2) is 6.17. The van der Waals surface area contributed by atoms with Crippen LogP contribution in [0.5, 0.6) is 5.75 Å². The van der Waals surface area contributed by atoms with Crippen LogP contribution in [0.25, 0.3) is 0 Å². The van der Waals surface area contributed by atoms with Gasteiger partial charge in [0.1, 0.15) is 12.1 Å². The van der Waals surface area contributed by atoms with E-state index in [0.29, 0.717) is 11.8 Å². The highest BCUT2D eigenvalue weighted by molar-refractivity contribution is 7.99. The molecule has 1 heterocycles. The molecular formula is C14H16N4O2S. The van der Waals surface area contributed by atoms with E-state index in [0.717, 1.165) is 16.6 Å². The van der Waals surface area contributed by atoms with Gasteiger partial charge in [-0.1, -0.05) is 11.8 Å². The summed E-state index contributed by atoms with van der Waals surface area (Å²) >= 11 is 1.41. The minimum atomic E-state index is -0.0597. The van der Waals surface area contributed by atoms with E-state index in [1.165, 1.54) is 24.6 Å². The van der Waals surface area contributed by atoms with Crippen LogP contribution in [0.15, 0.2) is 35.7 Å². The first-order valence-electron chi connectivity index (χ1n) is 6.72. The van der Waals surface area contributed by atoms with Gasteiger partial charge in [-0.15, -0.1) is 10.2 Å². The zero-order chi connectivity index (χ0) is 14.7. The van der Waals surface area contributed by atoms with E-state index in [2.05, 4.69) is 15.5 Å². The van der Waals surface area contributed by atoms with E-state index in [-0.39, 0.29) is 5.91 Å². The topological polar surface area (TPSA) is 69.0 Å². The van der Waals surface area contributed by atoms with Crippen molar-refractivity contribution in [3.05, 3.63) is 30.6 Å². The van der Waals surface area contributed by atoms with Crippen LogP contribution < -0.4 is 10.1 Å². The second-order valence-electron chi connectivity index (χ2n) is 4.82. The average Bonchev–Trinajstić information content (AvgIpc) is 3.24. The molecule has 0 spiro atoms. The zero-order valence-corrected chi connectivity index (χ0v) is 12.5. The average molecular weight is 304 g/mol. The number of nitrogens with one attached hydrogen (secondary N) is 1. The van der Waals surface area contributed by atoms with E-state index in [1.807, 2.05) is 28.8 Å². The Bertz CT molecular complexity index is 622. The number of amides is 1. The number of aromatic nitrogens is 3. The van der Waals surface area contributed by atoms with E-state index < -0.39 is 0 Å². The molecule has 110 valence electrons. The van der Waals surface area contributed by atoms with Crippen molar-refractivity contribution in [1.82, 2.24) is 14.8 Å². The van der Waals surface area contributed by atoms with Gasteiger partial charge in [-0.25, -0.2) is 0 Å². The Kier molecular flexibility index (Phi) is 4.10. The van der Waals surface area contributed by atoms with Gasteiger partial charge >= 0.3 is 0 Å². The van der Waals surface area contributed by atoms with Gasteiger partial charge in [0.2, 0.25) is 5.91 Å². The smallest absolute Gasteiger partial charge is 0.234 e. The van der Waals surface area contributed by atoms with Crippen LogP contribution in [0.4, 0.5) is 5.69 Å². The summed E-state index contributed by atoms with van der Waals surface area (Å²) < 4.78 is 7.12. The van der Waals surface area contributed by atoms with Gasteiger partial charge in [0, 0.05) is 11.7 Å². The molecular weight excluding hydrogens is 288 g/mol. The molecule has 1 aliphatic rings. The number of hydrogen-bond acceptors (Lipinski definition) is 5. The third-order valence-electron chi connectivity index (χ3n) is 3.19. The van der Waals surface area contributed by atoms with Gasteiger partial charge in [-0.3, -0.25) is 4.79 Å². The number of carbonyl (C=O) groups excluding carboxylic acids is 1. The summed E-state index contributed by atoms with van der Waals surface area (Å²) in [5, 5.41) is 11.6. The maximum absolute atomic E-state index is 11.9. The molecule has 7 heteroatoms. The summed E-state index contributed by atoms with van der Waals surface area (Å²) in [6.45, 7) is 0. The molecule has 1 saturated carbocycles. The van der Waals surface area contributed by atoms with Crippen molar-refractivity contribution < 1.29 is 9.53 Å². The molecule has 1 fully saturated rings. The third kappa shape index (κ3) is 3.55. The molecule has 1 amide bonds. The van der Waals surface area contributed by atoms with Crippen LogP contribution in [0.2, 0.25) is 0 Å². The molecule has 0 atom stereocenters. The van der Waals surface area contributed by atoms with E-state index in [1.54, 1.807) is 13.4 Å². The molecule has 1 N–H and O–H groups in total. The molecule has 6 nitrogen and oxygen atoms in total. The Morgan fingerprint density at radius 3 is 2.86 bits per heavy atom. The van der Waals surface area contributed by atoms with Crippen molar-refractivity contribution in [3.63, 3.8) is 0 Å². The number of nitrogens with zero attached hydrogens (tertiary/aromatic N) is 3. The van der Waals surface area contributed by atoms with E-state index in [9.17, 15) is 4.79 Å². The molecule has 0 bridgehead atoms. The maximum atomic E-state index is 11.9. The fraction of sp³-hybridized carbons (Fsp3) is 0.357. The normalized spacial score (nSPS) is 14.0. The van der Waals surface area contributed by atoms with Crippen molar-refractivity contribution in [2.75, 3.05) is 18.2 Å².